The van der Waals surface area contributed by atoms with E-state index >= 15 is 0 Å². The second-order valence-corrected chi connectivity index (χ2v) is 11.2. The quantitative estimate of drug-likeness (QED) is 0.0663. The van der Waals surface area contributed by atoms with E-state index in [1.165, 1.54) is 6.92 Å². The van der Waals surface area contributed by atoms with Gasteiger partial charge in [-0.2, -0.15) is 0 Å². The van der Waals surface area contributed by atoms with Crippen molar-refractivity contribution in [2.45, 2.75) is 95.8 Å². The molecule has 0 aromatic heterocycles. The van der Waals surface area contributed by atoms with Crippen molar-refractivity contribution in [2.24, 2.45) is 11.7 Å². The molecule has 0 spiro atoms. The molecule has 19 nitrogen and oxygen atoms in total. The molecule has 0 bridgehead atoms. The third-order valence-corrected chi connectivity index (χ3v) is 7.10. The van der Waals surface area contributed by atoms with Gasteiger partial charge in [0.1, 0.15) is 30.2 Å². The fraction of sp³-hybridized carbons (Fsp3) is 0.704. The number of carboxylic acids is 2. The Morgan fingerprint density at radius 1 is 0.783 bits per heavy atom. The third kappa shape index (κ3) is 12.2. The van der Waals surface area contributed by atoms with E-state index in [4.69, 9.17) is 10.8 Å². The highest BCUT2D eigenvalue weighted by molar-refractivity contribution is 5.96. The zero-order chi connectivity index (χ0) is 35.3. The van der Waals surface area contributed by atoms with Gasteiger partial charge >= 0.3 is 11.9 Å². The molecule has 6 amide bonds. The molecule has 7 atom stereocenters. The lowest BCUT2D eigenvalue weighted by Crippen LogP contribution is -2.61. The molecule has 1 aliphatic heterocycles. The number of hydrogen-bond donors (Lipinski definition) is 10. The van der Waals surface area contributed by atoms with Crippen LogP contribution in [-0.2, 0) is 38.4 Å². The topological polar surface area (TPSA) is 307 Å². The molecule has 1 aliphatic rings. The number of aliphatic carboxylic acids is 2. The molecule has 1 saturated heterocycles. The van der Waals surface area contributed by atoms with Crippen molar-refractivity contribution < 1.29 is 58.8 Å². The fourth-order valence-electron chi connectivity index (χ4n) is 4.58. The van der Waals surface area contributed by atoms with Crippen molar-refractivity contribution in [1.29, 1.82) is 0 Å². The number of hydrogen-bond acceptors (Lipinski definition) is 11. The minimum atomic E-state index is -1.70. The molecule has 0 aromatic carbocycles. The van der Waals surface area contributed by atoms with Crippen LogP contribution in [0.2, 0.25) is 0 Å². The van der Waals surface area contributed by atoms with Crippen LogP contribution in [0.1, 0.15) is 53.4 Å². The van der Waals surface area contributed by atoms with Gasteiger partial charge in [-0.15, -0.1) is 0 Å². The lowest BCUT2D eigenvalue weighted by molar-refractivity contribution is -0.150. The SMILES string of the molecule is CC(C)[C@H](NC(=O)CN)C(=O)NCC(=O)N[C@H](C(=O)N[C@@H](CCC(=O)O)C(=O)N[C@H](C(=O)N1CCC[C@H]1C(=O)O)[C@@H](C)O)[C@@H](C)O. The van der Waals surface area contributed by atoms with Gasteiger partial charge in [0.25, 0.3) is 0 Å². The molecule has 1 fully saturated rings. The number of carbonyl (C=O) groups is 8. The summed E-state index contributed by atoms with van der Waals surface area (Å²) in [6, 6.07) is -7.17. The molecule has 0 radical (unpaired) electrons. The van der Waals surface area contributed by atoms with Gasteiger partial charge in [0.2, 0.25) is 35.4 Å². The number of aliphatic hydroxyl groups excluding tert-OH is 2. The van der Waals surface area contributed by atoms with Gasteiger partial charge in [-0.25, -0.2) is 4.79 Å². The van der Waals surface area contributed by atoms with E-state index in [0.29, 0.717) is 6.42 Å². The highest BCUT2D eigenvalue weighted by atomic mass is 16.4. The number of likely N-dealkylation sites (tertiary alicyclic amines) is 1. The number of aliphatic hydroxyl groups is 2. The maximum absolute atomic E-state index is 13.2. The second kappa shape index (κ2) is 18.6. The minimum Gasteiger partial charge on any atom is -0.481 e. The predicted molar refractivity (Wildman–Crippen MR) is 157 cm³/mol. The zero-order valence-electron chi connectivity index (χ0n) is 26.1. The van der Waals surface area contributed by atoms with Crippen LogP contribution in [0.15, 0.2) is 0 Å². The molecular formula is C27H45N7O12. The molecule has 1 heterocycles. The van der Waals surface area contributed by atoms with Gasteiger partial charge in [0.15, 0.2) is 0 Å². The second-order valence-electron chi connectivity index (χ2n) is 11.2. The van der Waals surface area contributed by atoms with Crippen LogP contribution in [0.3, 0.4) is 0 Å². The number of carbonyl (C=O) groups excluding carboxylic acids is 6. The largest absolute Gasteiger partial charge is 0.481 e. The van der Waals surface area contributed by atoms with Crippen molar-refractivity contribution in [3.8, 4) is 0 Å². The van der Waals surface area contributed by atoms with Crippen LogP contribution >= 0.6 is 0 Å². The molecule has 46 heavy (non-hydrogen) atoms. The Kier molecular flexibility index (Phi) is 16.0. The third-order valence-electron chi connectivity index (χ3n) is 7.10. The van der Waals surface area contributed by atoms with Crippen LogP contribution in [0.25, 0.3) is 0 Å². The molecular weight excluding hydrogens is 614 g/mol. The summed E-state index contributed by atoms with van der Waals surface area (Å²) in [6.45, 7) is 4.62. The van der Waals surface area contributed by atoms with E-state index in [9.17, 15) is 53.7 Å². The summed E-state index contributed by atoms with van der Waals surface area (Å²) in [6.07, 6.45) is -3.66. The summed E-state index contributed by atoms with van der Waals surface area (Å²) in [5.41, 5.74) is 5.26. The van der Waals surface area contributed by atoms with E-state index in [1.54, 1.807) is 13.8 Å². The monoisotopic (exact) mass is 659 g/mol. The summed E-state index contributed by atoms with van der Waals surface area (Å²) in [5.74, 6) is -8.35. The normalized spacial score (nSPS) is 18.3. The molecule has 19 heteroatoms. The van der Waals surface area contributed by atoms with Crippen molar-refractivity contribution in [2.75, 3.05) is 19.6 Å². The first-order valence-corrected chi connectivity index (χ1v) is 14.7. The van der Waals surface area contributed by atoms with Crippen LogP contribution in [0.4, 0.5) is 0 Å². The number of nitrogens with one attached hydrogen (secondary N) is 5. The van der Waals surface area contributed by atoms with Gasteiger partial charge < -0.3 is 57.6 Å². The van der Waals surface area contributed by atoms with Gasteiger partial charge in [0, 0.05) is 13.0 Å². The molecule has 0 aromatic rings. The van der Waals surface area contributed by atoms with Gasteiger partial charge in [-0.05, 0) is 39.0 Å². The first-order chi connectivity index (χ1) is 21.4. The van der Waals surface area contributed by atoms with E-state index < -0.39 is 109 Å². The number of rotatable bonds is 18. The molecule has 0 unspecified atom stereocenters. The Hall–Kier alpha value is -4.36. The lowest BCUT2D eigenvalue weighted by atomic mass is 10.0. The standard InChI is InChI=1S/C27H45N7O12/c1-12(2)20(31-17(37)10-28)24(42)29-11-18(38)32-21(13(3)35)25(43)30-15(7-8-19(39)40)23(41)33-22(14(4)36)26(44)34-9-5-6-16(34)27(45)46/h12-16,20-22,35-36H,5-11,28H2,1-4H3,(H,29,42)(H,30,43)(H,31,37)(H,32,38)(H,33,41)(H,39,40)(H,45,46)/t13-,14-,15+,16+,20+,21+,22+/m1/s1. The molecule has 11 N–H and O–H groups in total. The summed E-state index contributed by atoms with van der Waals surface area (Å²) >= 11 is 0. The van der Waals surface area contributed by atoms with E-state index in [1.807, 2.05) is 0 Å². The predicted octanol–water partition coefficient (Wildman–Crippen LogP) is -4.64. The van der Waals surface area contributed by atoms with Gasteiger partial charge in [-0.3, -0.25) is 33.6 Å². The van der Waals surface area contributed by atoms with Crippen molar-refractivity contribution in [1.82, 2.24) is 31.5 Å². The summed E-state index contributed by atoms with van der Waals surface area (Å²) in [5, 5.41) is 50.4. The van der Waals surface area contributed by atoms with Crippen LogP contribution in [0, 0.1) is 5.92 Å². The van der Waals surface area contributed by atoms with Crippen molar-refractivity contribution in [3.63, 3.8) is 0 Å². The Balaban J connectivity index is 3.03. The smallest absolute Gasteiger partial charge is 0.326 e. The van der Waals surface area contributed by atoms with Crippen LogP contribution in [0.5, 0.6) is 0 Å². The minimum absolute atomic E-state index is 0.0603. The summed E-state index contributed by atoms with van der Waals surface area (Å²) in [4.78, 5) is 99.9. The fourth-order valence-corrected chi connectivity index (χ4v) is 4.58. The van der Waals surface area contributed by atoms with Crippen LogP contribution in [-0.4, -0.2) is 135 Å². The average Bonchev–Trinajstić information content (AvgIpc) is 3.47. The first kappa shape index (κ1) is 39.7. The number of amides is 6. The van der Waals surface area contributed by atoms with Crippen molar-refractivity contribution in [3.05, 3.63) is 0 Å². The molecule has 260 valence electrons. The molecule has 0 saturated carbocycles. The summed E-state index contributed by atoms with van der Waals surface area (Å²) in [7, 11) is 0. The summed E-state index contributed by atoms with van der Waals surface area (Å²) < 4.78 is 0. The Labute approximate surface area is 265 Å². The van der Waals surface area contributed by atoms with Crippen LogP contribution < -0.4 is 32.3 Å². The Morgan fingerprint density at radius 2 is 1.37 bits per heavy atom. The highest BCUT2D eigenvalue weighted by Gasteiger charge is 2.40. The Morgan fingerprint density at radius 3 is 1.87 bits per heavy atom. The van der Waals surface area contributed by atoms with Gasteiger partial charge in [-0.1, -0.05) is 13.8 Å². The highest BCUT2D eigenvalue weighted by Crippen LogP contribution is 2.19. The first-order valence-electron chi connectivity index (χ1n) is 14.7. The van der Waals surface area contributed by atoms with E-state index in [2.05, 4.69) is 26.6 Å². The van der Waals surface area contributed by atoms with Crippen molar-refractivity contribution >= 4 is 47.4 Å². The van der Waals surface area contributed by atoms with E-state index in [-0.39, 0.29) is 25.4 Å². The zero-order valence-corrected chi connectivity index (χ0v) is 26.1. The maximum Gasteiger partial charge on any atom is 0.326 e. The number of nitrogens with zero attached hydrogens (tertiary/aromatic N) is 1. The lowest BCUT2D eigenvalue weighted by Gasteiger charge is -2.30. The Bertz CT molecular complexity index is 1150. The van der Waals surface area contributed by atoms with Gasteiger partial charge in [0.05, 0.1) is 25.3 Å². The maximum atomic E-state index is 13.2. The van der Waals surface area contributed by atoms with E-state index in [0.717, 1.165) is 11.8 Å². The molecule has 1 rings (SSSR count). The number of nitrogens with two attached hydrogens (primary N) is 1. The number of carboxylic acid groups (broad SMARTS) is 2. The average molecular weight is 660 g/mol. The molecule has 0 aliphatic carbocycles.